The molecule has 0 aliphatic heterocycles. The second-order valence-corrected chi connectivity index (χ2v) is 7.62. The number of aryl methyl sites for hydroxylation is 1. The fourth-order valence-electron chi connectivity index (χ4n) is 3.55. The first-order valence-corrected chi connectivity index (χ1v) is 8.86. The Bertz CT molecular complexity index is 999. The van der Waals surface area contributed by atoms with Crippen LogP contribution in [0, 0.1) is 11.3 Å². The molecule has 0 saturated heterocycles. The topological polar surface area (TPSA) is 115 Å². The first-order valence-electron chi connectivity index (χ1n) is 8.05. The average Bonchev–Trinajstić information content (AvgIpc) is 3.20. The zero-order chi connectivity index (χ0) is 17.6. The van der Waals surface area contributed by atoms with Crippen molar-refractivity contribution in [2.24, 2.45) is 0 Å². The maximum Gasteiger partial charge on any atom is 0.237 e. The number of nitrogens with zero attached hydrogens (tertiary/aromatic N) is 3. The molecule has 0 radical (unpaired) electrons. The molecule has 0 spiro atoms. The molecule has 1 aliphatic carbocycles. The van der Waals surface area contributed by atoms with Gasteiger partial charge in [0.15, 0.2) is 0 Å². The van der Waals surface area contributed by atoms with Crippen molar-refractivity contribution >= 4 is 22.0 Å². The van der Waals surface area contributed by atoms with Gasteiger partial charge in [-0.3, -0.25) is 0 Å². The number of anilines is 2. The summed E-state index contributed by atoms with van der Waals surface area (Å²) in [5, 5.41) is 14.2. The van der Waals surface area contributed by atoms with Crippen LogP contribution < -0.4 is 11.5 Å². The van der Waals surface area contributed by atoms with E-state index in [0.717, 1.165) is 35.3 Å². The van der Waals surface area contributed by atoms with Gasteiger partial charge in [-0.2, -0.15) is 10.2 Å². The number of rotatable bonds is 2. The third kappa shape index (κ3) is 2.37. The molecule has 1 aromatic carbocycles. The van der Waals surface area contributed by atoms with Crippen LogP contribution in [0.25, 0.3) is 11.4 Å². The zero-order valence-electron chi connectivity index (χ0n) is 13.7. The molecule has 0 fully saturated rings. The molecule has 0 unspecified atom stereocenters. The van der Waals surface area contributed by atoms with E-state index in [0.29, 0.717) is 28.0 Å². The minimum Gasteiger partial charge on any atom is -0.399 e. The molecule has 4 N–H and O–H groups in total. The zero-order valence-corrected chi connectivity index (χ0v) is 14.6. The molecule has 1 aliphatic rings. The Hall–Kier alpha value is -2.85. The predicted octanol–water partition coefficient (Wildman–Crippen LogP) is 3.48. The Morgan fingerprint density at radius 1 is 1.36 bits per heavy atom. The molecule has 126 valence electrons. The number of nitrogen functional groups attached to an aromatic ring is 2. The average molecular weight is 351 g/mol. The van der Waals surface area contributed by atoms with Gasteiger partial charge in [0.05, 0.1) is 11.0 Å². The van der Waals surface area contributed by atoms with Crippen LogP contribution >= 0.6 is 11.3 Å². The molecule has 0 amide bonds. The van der Waals surface area contributed by atoms with Crippen molar-refractivity contribution < 1.29 is 4.52 Å². The summed E-state index contributed by atoms with van der Waals surface area (Å²) in [7, 11) is 0. The Labute approximate surface area is 149 Å². The molecule has 2 heterocycles. The van der Waals surface area contributed by atoms with Crippen LogP contribution in [-0.4, -0.2) is 10.1 Å². The van der Waals surface area contributed by atoms with Crippen molar-refractivity contribution in [1.29, 1.82) is 5.26 Å². The summed E-state index contributed by atoms with van der Waals surface area (Å²) in [5.74, 6) is 1.01. The molecule has 25 heavy (non-hydrogen) atoms. The summed E-state index contributed by atoms with van der Waals surface area (Å²) in [6.07, 6.45) is 2.76. The molecule has 0 bridgehead atoms. The summed E-state index contributed by atoms with van der Waals surface area (Å²) < 4.78 is 5.62. The second-order valence-electron chi connectivity index (χ2n) is 6.49. The lowest BCUT2D eigenvalue weighted by Crippen LogP contribution is -2.29. The van der Waals surface area contributed by atoms with E-state index in [2.05, 4.69) is 23.1 Å². The Morgan fingerprint density at radius 2 is 2.20 bits per heavy atom. The van der Waals surface area contributed by atoms with Crippen LogP contribution in [0.5, 0.6) is 0 Å². The number of aromatic nitrogens is 2. The predicted molar refractivity (Wildman–Crippen MR) is 97.0 cm³/mol. The maximum absolute atomic E-state index is 9.55. The van der Waals surface area contributed by atoms with Gasteiger partial charge in [0.1, 0.15) is 11.1 Å². The highest BCUT2D eigenvalue weighted by Gasteiger charge is 2.42. The van der Waals surface area contributed by atoms with E-state index in [1.165, 1.54) is 11.3 Å². The van der Waals surface area contributed by atoms with Gasteiger partial charge in [-0.15, -0.1) is 11.3 Å². The second kappa shape index (κ2) is 5.60. The van der Waals surface area contributed by atoms with Gasteiger partial charge in [-0.05, 0) is 38.3 Å². The largest absolute Gasteiger partial charge is 0.399 e. The van der Waals surface area contributed by atoms with E-state index < -0.39 is 5.41 Å². The molecule has 7 heteroatoms. The van der Waals surface area contributed by atoms with Crippen LogP contribution in [-0.2, 0) is 11.8 Å². The fourth-order valence-corrected chi connectivity index (χ4v) is 4.74. The van der Waals surface area contributed by atoms with Gasteiger partial charge in [-0.1, -0.05) is 17.3 Å². The molecule has 3 aromatic rings. The highest BCUT2D eigenvalue weighted by molar-refractivity contribution is 7.16. The van der Waals surface area contributed by atoms with Crippen molar-refractivity contribution in [3.63, 3.8) is 0 Å². The van der Waals surface area contributed by atoms with E-state index in [1.54, 1.807) is 0 Å². The van der Waals surface area contributed by atoms with E-state index >= 15 is 0 Å². The van der Waals surface area contributed by atoms with Crippen LogP contribution in [0.2, 0.25) is 0 Å². The Balaban J connectivity index is 1.83. The molecule has 6 nitrogen and oxygen atoms in total. The number of benzene rings is 1. The number of thiophene rings is 1. The summed E-state index contributed by atoms with van der Waals surface area (Å²) in [6, 6.07) is 9.62. The molecule has 1 atom stereocenters. The summed E-state index contributed by atoms with van der Waals surface area (Å²) in [6.45, 7) is 2.05. The standard InChI is InChI=1S/C18H17N5OS/c1-18(7-3-6-13-14(18)12(9-19)15(21)25-13)17-22-16(23-24-17)10-4-2-5-11(20)8-10/h2,4-5,8H,3,6-7,20-21H2,1H3/t18-/m0/s1. The molecule has 4 rings (SSSR count). The summed E-state index contributed by atoms with van der Waals surface area (Å²) in [4.78, 5) is 5.77. The minimum absolute atomic E-state index is 0.498. The minimum atomic E-state index is -0.502. The summed E-state index contributed by atoms with van der Waals surface area (Å²) >= 11 is 1.49. The lowest BCUT2D eigenvalue weighted by atomic mass is 9.72. The van der Waals surface area contributed by atoms with Crippen LogP contribution in [0.3, 0.4) is 0 Å². The Morgan fingerprint density at radius 3 is 2.96 bits per heavy atom. The van der Waals surface area contributed by atoms with Crippen LogP contribution in [0.4, 0.5) is 10.7 Å². The fraction of sp³-hybridized carbons (Fsp3) is 0.278. The quantitative estimate of drug-likeness (QED) is 0.683. The molecular formula is C18H17N5OS. The SMILES string of the molecule is C[C@]1(c2nc(-c3cccc(N)c3)no2)CCCc2sc(N)c(C#N)c21. The van der Waals surface area contributed by atoms with E-state index in [9.17, 15) is 5.26 Å². The van der Waals surface area contributed by atoms with Gasteiger partial charge >= 0.3 is 0 Å². The first kappa shape index (κ1) is 15.7. The number of nitriles is 1. The van der Waals surface area contributed by atoms with Gasteiger partial charge in [0.25, 0.3) is 0 Å². The highest BCUT2D eigenvalue weighted by Crippen LogP contribution is 2.48. The van der Waals surface area contributed by atoms with Crippen LogP contribution in [0.15, 0.2) is 28.8 Å². The highest BCUT2D eigenvalue weighted by atomic mass is 32.1. The number of fused-ring (bicyclic) bond motifs is 1. The first-order chi connectivity index (χ1) is 12.0. The van der Waals surface area contributed by atoms with Gasteiger partial charge < -0.3 is 16.0 Å². The van der Waals surface area contributed by atoms with Gasteiger partial charge in [-0.25, -0.2) is 0 Å². The third-order valence-corrected chi connectivity index (χ3v) is 5.87. The normalized spacial score (nSPS) is 19.4. The van der Waals surface area contributed by atoms with Crippen molar-refractivity contribution in [3.8, 4) is 17.5 Å². The van der Waals surface area contributed by atoms with Crippen molar-refractivity contribution in [3.05, 3.63) is 46.2 Å². The van der Waals surface area contributed by atoms with E-state index in [1.807, 2.05) is 24.3 Å². The molecule has 0 saturated carbocycles. The molecule has 2 aromatic heterocycles. The third-order valence-electron chi connectivity index (χ3n) is 4.80. The number of nitrogens with two attached hydrogens (primary N) is 2. The number of hydrogen-bond acceptors (Lipinski definition) is 7. The lowest BCUT2D eigenvalue weighted by molar-refractivity contribution is 0.300. The van der Waals surface area contributed by atoms with Gasteiger partial charge in [0, 0.05) is 21.7 Å². The van der Waals surface area contributed by atoms with Gasteiger partial charge in [0.2, 0.25) is 11.7 Å². The van der Waals surface area contributed by atoms with Crippen LogP contribution in [0.1, 0.15) is 41.7 Å². The Kier molecular flexibility index (Phi) is 3.51. The maximum atomic E-state index is 9.55. The summed E-state index contributed by atoms with van der Waals surface area (Å²) in [5.41, 5.74) is 14.3. The van der Waals surface area contributed by atoms with Crippen molar-refractivity contribution in [2.75, 3.05) is 11.5 Å². The molecular weight excluding hydrogens is 334 g/mol. The van der Waals surface area contributed by atoms with Crippen molar-refractivity contribution in [1.82, 2.24) is 10.1 Å². The monoisotopic (exact) mass is 351 g/mol. The van der Waals surface area contributed by atoms with E-state index in [4.69, 9.17) is 16.0 Å². The van der Waals surface area contributed by atoms with E-state index in [-0.39, 0.29) is 0 Å². The van der Waals surface area contributed by atoms with Crippen molar-refractivity contribution in [2.45, 2.75) is 31.6 Å². The number of hydrogen-bond donors (Lipinski definition) is 2. The smallest absolute Gasteiger partial charge is 0.237 e. The lowest BCUT2D eigenvalue weighted by Gasteiger charge is -2.30.